The molecule has 4 aromatic rings. The van der Waals surface area contributed by atoms with Gasteiger partial charge in [-0.3, -0.25) is 4.79 Å². The maximum Gasteiger partial charge on any atom is 0.257 e. The molecule has 1 heterocycles. The van der Waals surface area contributed by atoms with Crippen LogP contribution in [-0.4, -0.2) is 11.1 Å². The first-order chi connectivity index (χ1) is 14.6. The molecule has 0 saturated heterocycles. The summed E-state index contributed by atoms with van der Waals surface area (Å²) in [6.45, 7) is 1.73. The summed E-state index contributed by atoms with van der Waals surface area (Å²) in [4.78, 5) is 13.4. The predicted molar refractivity (Wildman–Crippen MR) is 118 cm³/mol. The largest absolute Gasteiger partial charge is 0.360 e. The normalized spacial score (nSPS) is 11.8. The summed E-state index contributed by atoms with van der Waals surface area (Å²) in [6, 6.07) is 27.1. The molecule has 3 aromatic carbocycles. The Morgan fingerprint density at radius 1 is 0.967 bits per heavy atom. The van der Waals surface area contributed by atoms with E-state index in [1.54, 1.807) is 13.0 Å². The van der Waals surface area contributed by atoms with E-state index in [0.717, 1.165) is 11.1 Å². The van der Waals surface area contributed by atoms with Crippen LogP contribution in [-0.2, 0) is 6.42 Å². The fourth-order valence-electron chi connectivity index (χ4n) is 3.49. The standard InChI is InChI=1S/C25H21ClN2O2/c1-17-23(24(28-30-17)20-14-8-9-15-21(20)26)25(29)27-22(19-12-6-3-7-13-19)16-18-10-4-2-5-11-18/h2-15,22H,16H2,1H3,(H,27,29). The first-order valence-electron chi connectivity index (χ1n) is 9.74. The number of aromatic nitrogens is 1. The number of hydrogen-bond donors (Lipinski definition) is 1. The molecule has 0 aliphatic heterocycles. The van der Waals surface area contributed by atoms with E-state index in [4.69, 9.17) is 16.1 Å². The monoisotopic (exact) mass is 416 g/mol. The third kappa shape index (κ3) is 4.29. The Labute approximate surface area is 180 Å². The van der Waals surface area contributed by atoms with E-state index in [1.165, 1.54) is 0 Å². The fourth-order valence-corrected chi connectivity index (χ4v) is 3.72. The van der Waals surface area contributed by atoms with Crippen LogP contribution in [0.25, 0.3) is 11.3 Å². The lowest BCUT2D eigenvalue weighted by Gasteiger charge is -2.20. The third-order valence-corrected chi connectivity index (χ3v) is 5.34. The van der Waals surface area contributed by atoms with E-state index in [0.29, 0.717) is 34.0 Å². The summed E-state index contributed by atoms with van der Waals surface area (Å²) in [5.74, 6) is 0.211. The molecule has 0 bridgehead atoms. The van der Waals surface area contributed by atoms with E-state index in [2.05, 4.69) is 22.6 Å². The quantitative estimate of drug-likeness (QED) is 0.418. The average Bonchev–Trinajstić information content (AvgIpc) is 3.16. The Bertz CT molecular complexity index is 1140. The number of nitrogens with zero attached hydrogens (tertiary/aromatic N) is 1. The van der Waals surface area contributed by atoms with Crippen molar-refractivity contribution < 1.29 is 9.32 Å². The van der Waals surface area contributed by atoms with Gasteiger partial charge in [0.1, 0.15) is 17.0 Å². The molecule has 4 rings (SSSR count). The minimum absolute atomic E-state index is 0.200. The van der Waals surface area contributed by atoms with Gasteiger partial charge in [-0.15, -0.1) is 0 Å². The van der Waals surface area contributed by atoms with Crippen molar-refractivity contribution in [3.8, 4) is 11.3 Å². The lowest BCUT2D eigenvalue weighted by molar-refractivity contribution is 0.0935. The Morgan fingerprint density at radius 3 is 2.30 bits per heavy atom. The highest BCUT2D eigenvalue weighted by atomic mass is 35.5. The Balaban J connectivity index is 1.67. The van der Waals surface area contributed by atoms with E-state index < -0.39 is 0 Å². The molecular formula is C25H21ClN2O2. The van der Waals surface area contributed by atoms with Gasteiger partial charge in [0.05, 0.1) is 11.1 Å². The van der Waals surface area contributed by atoms with Gasteiger partial charge in [-0.2, -0.15) is 0 Å². The highest BCUT2D eigenvalue weighted by molar-refractivity contribution is 6.33. The lowest BCUT2D eigenvalue weighted by atomic mass is 9.98. The predicted octanol–water partition coefficient (Wildman–Crippen LogP) is 6.02. The van der Waals surface area contributed by atoms with Gasteiger partial charge >= 0.3 is 0 Å². The Kier molecular flexibility index (Phi) is 5.96. The smallest absolute Gasteiger partial charge is 0.257 e. The molecule has 0 aliphatic rings. The van der Waals surface area contributed by atoms with Gasteiger partial charge in [-0.05, 0) is 30.5 Å². The van der Waals surface area contributed by atoms with Crippen molar-refractivity contribution >= 4 is 17.5 Å². The highest BCUT2D eigenvalue weighted by Crippen LogP contribution is 2.31. The first-order valence-corrected chi connectivity index (χ1v) is 10.1. The molecule has 0 aliphatic carbocycles. The second-order valence-electron chi connectivity index (χ2n) is 7.07. The maximum absolute atomic E-state index is 13.4. The van der Waals surface area contributed by atoms with Crippen LogP contribution in [0.2, 0.25) is 5.02 Å². The molecule has 1 N–H and O–H groups in total. The summed E-state index contributed by atoms with van der Waals surface area (Å²) < 4.78 is 5.36. The van der Waals surface area contributed by atoms with Crippen LogP contribution in [0.5, 0.6) is 0 Å². The average molecular weight is 417 g/mol. The van der Waals surface area contributed by atoms with Crippen molar-refractivity contribution in [3.63, 3.8) is 0 Å². The van der Waals surface area contributed by atoms with Crippen LogP contribution in [0.3, 0.4) is 0 Å². The number of rotatable bonds is 6. The molecule has 1 atom stereocenters. The molecule has 5 heteroatoms. The summed E-state index contributed by atoms with van der Waals surface area (Å²) in [7, 11) is 0. The molecule has 30 heavy (non-hydrogen) atoms. The fraction of sp³-hybridized carbons (Fsp3) is 0.120. The lowest BCUT2D eigenvalue weighted by Crippen LogP contribution is -2.30. The van der Waals surface area contributed by atoms with Gasteiger partial charge in [0.2, 0.25) is 0 Å². The van der Waals surface area contributed by atoms with Crippen molar-refractivity contribution in [3.05, 3.63) is 112 Å². The van der Waals surface area contributed by atoms with Crippen LogP contribution in [0.4, 0.5) is 0 Å². The second kappa shape index (κ2) is 8.97. The van der Waals surface area contributed by atoms with Gasteiger partial charge in [0.15, 0.2) is 0 Å². The number of carbonyl (C=O) groups excluding carboxylic acids is 1. The second-order valence-corrected chi connectivity index (χ2v) is 7.48. The Hall–Kier alpha value is -3.37. The van der Waals surface area contributed by atoms with Gasteiger partial charge < -0.3 is 9.84 Å². The number of nitrogens with one attached hydrogen (secondary N) is 1. The van der Waals surface area contributed by atoms with Crippen molar-refractivity contribution in [2.24, 2.45) is 0 Å². The summed E-state index contributed by atoms with van der Waals surface area (Å²) >= 11 is 6.34. The molecule has 0 radical (unpaired) electrons. The van der Waals surface area contributed by atoms with E-state index in [1.807, 2.05) is 66.7 Å². The minimum atomic E-state index is -0.242. The van der Waals surface area contributed by atoms with E-state index in [-0.39, 0.29) is 11.9 Å². The summed E-state index contributed by atoms with van der Waals surface area (Å²) in [6.07, 6.45) is 0.669. The molecule has 1 amide bonds. The zero-order valence-corrected chi connectivity index (χ0v) is 17.3. The SMILES string of the molecule is Cc1onc(-c2ccccc2Cl)c1C(=O)NC(Cc1ccccc1)c1ccccc1. The molecular weight excluding hydrogens is 396 g/mol. The van der Waals surface area contributed by atoms with E-state index in [9.17, 15) is 4.79 Å². The van der Waals surface area contributed by atoms with Crippen LogP contribution in [0.15, 0.2) is 89.5 Å². The summed E-state index contributed by atoms with van der Waals surface area (Å²) in [5.41, 5.74) is 3.68. The number of benzene rings is 3. The topological polar surface area (TPSA) is 55.1 Å². The molecule has 0 saturated carbocycles. The van der Waals surface area contributed by atoms with Crippen molar-refractivity contribution in [1.29, 1.82) is 0 Å². The van der Waals surface area contributed by atoms with Gasteiger partial charge in [0, 0.05) is 5.56 Å². The molecule has 150 valence electrons. The minimum Gasteiger partial charge on any atom is -0.360 e. The number of halogens is 1. The number of aryl methyl sites for hydroxylation is 1. The molecule has 4 nitrogen and oxygen atoms in total. The van der Waals surface area contributed by atoms with Crippen molar-refractivity contribution in [2.45, 2.75) is 19.4 Å². The number of hydrogen-bond acceptors (Lipinski definition) is 3. The van der Waals surface area contributed by atoms with Gasteiger partial charge in [0.25, 0.3) is 5.91 Å². The number of carbonyl (C=O) groups is 1. The third-order valence-electron chi connectivity index (χ3n) is 5.01. The van der Waals surface area contributed by atoms with Crippen LogP contribution in [0.1, 0.15) is 33.3 Å². The Morgan fingerprint density at radius 2 is 1.60 bits per heavy atom. The molecule has 0 spiro atoms. The van der Waals surface area contributed by atoms with Crippen molar-refractivity contribution in [1.82, 2.24) is 10.5 Å². The molecule has 1 unspecified atom stereocenters. The first kappa shape index (κ1) is 19.9. The zero-order chi connectivity index (χ0) is 20.9. The highest BCUT2D eigenvalue weighted by Gasteiger charge is 2.25. The number of amides is 1. The molecule has 1 aromatic heterocycles. The van der Waals surface area contributed by atoms with Crippen LogP contribution in [0, 0.1) is 6.92 Å². The maximum atomic E-state index is 13.4. The van der Waals surface area contributed by atoms with Crippen LogP contribution >= 0.6 is 11.6 Å². The van der Waals surface area contributed by atoms with Crippen molar-refractivity contribution in [2.75, 3.05) is 0 Å². The zero-order valence-electron chi connectivity index (χ0n) is 16.5. The van der Waals surface area contributed by atoms with Gasteiger partial charge in [-0.1, -0.05) is 95.6 Å². The summed E-state index contributed by atoms with van der Waals surface area (Å²) in [5, 5.41) is 7.80. The van der Waals surface area contributed by atoms with Crippen LogP contribution < -0.4 is 5.32 Å². The van der Waals surface area contributed by atoms with E-state index >= 15 is 0 Å². The van der Waals surface area contributed by atoms with Gasteiger partial charge in [-0.25, -0.2) is 0 Å². The molecule has 0 fully saturated rings.